The second-order valence-corrected chi connectivity index (χ2v) is 6.08. The number of hydrazine groups is 1. The van der Waals surface area contributed by atoms with Crippen LogP contribution in [0.4, 0.5) is 5.69 Å². The van der Waals surface area contributed by atoms with Gasteiger partial charge >= 0.3 is 0 Å². The number of nitrogens with two attached hydrogens (primary N) is 1. The number of benzene rings is 1. The molecule has 0 saturated carbocycles. The highest BCUT2D eigenvalue weighted by atomic mass is 35.5. The van der Waals surface area contributed by atoms with Gasteiger partial charge in [0.15, 0.2) is 0 Å². The normalized spacial score (nSPS) is 17.3. The lowest BCUT2D eigenvalue weighted by Gasteiger charge is -2.26. The SMILES string of the molecule is CCCCC1=NS(=O)(=O)c2ccc(Cl)cc2N1N. The number of hydrogen-bond donors (Lipinski definition) is 1. The summed E-state index contributed by atoms with van der Waals surface area (Å²) >= 11 is 5.87. The Labute approximate surface area is 111 Å². The number of anilines is 1. The Kier molecular flexibility index (Phi) is 3.61. The predicted octanol–water partition coefficient (Wildman–Crippen LogP) is 2.31. The highest BCUT2D eigenvalue weighted by molar-refractivity contribution is 7.90. The van der Waals surface area contributed by atoms with E-state index in [4.69, 9.17) is 17.4 Å². The van der Waals surface area contributed by atoms with Crippen LogP contribution in [0.2, 0.25) is 5.02 Å². The second kappa shape index (κ2) is 4.87. The fourth-order valence-corrected chi connectivity index (χ4v) is 3.15. The standard InChI is InChI=1S/C11H14ClN3O2S/c1-2-3-4-11-14-18(16,17)10-6-5-8(12)7-9(10)15(11)13/h5-7H,2-4,13H2,1H3. The molecule has 2 rings (SSSR count). The lowest BCUT2D eigenvalue weighted by Crippen LogP contribution is -2.41. The second-order valence-electron chi connectivity index (χ2n) is 4.07. The molecular weight excluding hydrogens is 274 g/mol. The Morgan fingerprint density at radius 1 is 1.44 bits per heavy atom. The van der Waals surface area contributed by atoms with Crippen molar-refractivity contribution in [3.05, 3.63) is 23.2 Å². The molecule has 0 radical (unpaired) electrons. The van der Waals surface area contributed by atoms with Crippen molar-refractivity contribution in [2.45, 2.75) is 31.1 Å². The summed E-state index contributed by atoms with van der Waals surface area (Å²) in [6, 6.07) is 4.47. The van der Waals surface area contributed by atoms with E-state index >= 15 is 0 Å². The molecule has 0 aromatic heterocycles. The van der Waals surface area contributed by atoms with Gasteiger partial charge in [0.1, 0.15) is 10.7 Å². The van der Waals surface area contributed by atoms with Crippen LogP contribution >= 0.6 is 11.6 Å². The van der Waals surface area contributed by atoms with Crippen molar-refractivity contribution in [1.82, 2.24) is 0 Å². The first-order valence-corrected chi connectivity index (χ1v) is 7.45. The fourth-order valence-electron chi connectivity index (χ4n) is 1.77. The summed E-state index contributed by atoms with van der Waals surface area (Å²) in [6.07, 6.45) is 2.30. The first kappa shape index (κ1) is 13.3. The minimum Gasteiger partial charge on any atom is -0.264 e. The lowest BCUT2D eigenvalue weighted by molar-refractivity contribution is 0.596. The van der Waals surface area contributed by atoms with Crippen LogP contribution in [0.3, 0.4) is 0 Å². The van der Waals surface area contributed by atoms with Gasteiger partial charge in [0, 0.05) is 11.4 Å². The van der Waals surface area contributed by atoms with Crippen LogP contribution in [-0.4, -0.2) is 14.3 Å². The van der Waals surface area contributed by atoms with Crippen molar-refractivity contribution in [1.29, 1.82) is 0 Å². The third-order valence-corrected chi connectivity index (χ3v) is 4.30. The number of fused-ring (bicyclic) bond motifs is 1. The molecule has 0 amide bonds. The van der Waals surface area contributed by atoms with Gasteiger partial charge in [0.25, 0.3) is 10.0 Å². The molecule has 2 N–H and O–H groups in total. The van der Waals surface area contributed by atoms with E-state index in [1.807, 2.05) is 6.92 Å². The summed E-state index contributed by atoms with van der Waals surface area (Å²) in [6.45, 7) is 2.02. The van der Waals surface area contributed by atoms with Crippen LogP contribution in [0.1, 0.15) is 26.2 Å². The number of unbranched alkanes of at least 4 members (excludes halogenated alkanes) is 1. The summed E-state index contributed by atoms with van der Waals surface area (Å²) in [5.41, 5.74) is 0.378. The summed E-state index contributed by atoms with van der Waals surface area (Å²) in [4.78, 5) is 0.0923. The monoisotopic (exact) mass is 287 g/mol. The summed E-state index contributed by atoms with van der Waals surface area (Å²) in [7, 11) is -3.66. The topological polar surface area (TPSA) is 75.8 Å². The Balaban J connectivity index is 2.50. The van der Waals surface area contributed by atoms with Gasteiger partial charge in [-0.1, -0.05) is 24.9 Å². The zero-order valence-electron chi connectivity index (χ0n) is 9.93. The van der Waals surface area contributed by atoms with Crippen molar-refractivity contribution in [3.8, 4) is 0 Å². The zero-order valence-corrected chi connectivity index (χ0v) is 11.5. The molecule has 7 heteroatoms. The molecule has 1 aromatic carbocycles. The lowest BCUT2D eigenvalue weighted by atomic mass is 10.2. The quantitative estimate of drug-likeness (QED) is 0.866. The van der Waals surface area contributed by atoms with Gasteiger partial charge in [-0.3, -0.25) is 5.01 Å². The molecule has 0 atom stereocenters. The summed E-state index contributed by atoms with van der Waals surface area (Å²) in [5.74, 6) is 6.25. The van der Waals surface area contributed by atoms with Gasteiger partial charge < -0.3 is 0 Å². The van der Waals surface area contributed by atoms with Crippen LogP contribution in [0.25, 0.3) is 0 Å². The molecule has 18 heavy (non-hydrogen) atoms. The van der Waals surface area contributed by atoms with E-state index < -0.39 is 10.0 Å². The Hall–Kier alpha value is -1.11. The molecule has 0 fully saturated rings. The molecular formula is C11H14ClN3O2S. The number of hydrogen-bond acceptors (Lipinski definition) is 4. The average Bonchev–Trinajstić information content (AvgIpc) is 2.31. The van der Waals surface area contributed by atoms with Crippen molar-refractivity contribution >= 4 is 33.1 Å². The van der Waals surface area contributed by atoms with Crippen molar-refractivity contribution in [3.63, 3.8) is 0 Å². The molecule has 0 spiro atoms. The largest absolute Gasteiger partial charge is 0.286 e. The molecule has 0 bridgehead atoms. The number of nitrogens with zero attached hydrogens (tertiary/aromatic N) is 2. The van der Waals surface area contributed by atoms with Crippen LogP contribution in [0.15, 0.2) is 27.5 Å². The highest BCUT2D eigenvalue weighted by Gasteiger charge is 2.29. The van der Waals surface area contributed by atoms with E-state index in [1.165, 1.54) is 23.2 Å². The molecule has 98 valence electrons. The number of amidine groups is 1. The molecule has 1 aliphatic heterocycles. The maximum absolute atomic E-state index is 12.0. The van der Waals surface area contributed by atoms with Gasteiger partial charge in [-0.05, 0) is 24.6 Å². The van der Waals surface area contributed by atoms with Gasteiger partial charge in [-0.25, -0.2) is 5.84 Å². The number of rotatable bonds is 3. The van der Waals surface area contributed by atoms with Crippen LogP contribution in [-0.2, 0) is 10.0 Å². The van der Waals surface area contributed by atoms with Gasteiger partial charge in [0.2, 0.25) is 0 Å². The van der Waals surface area contributed by atoms with E-state index in [-0.39, 0.29) is 4.90 Å². The van der Waals surface area contributed by atoms with E-state index in [9.17, 15) is 8.42 Å². The van der Waals surface area contributed by atoms with E-state index in [1.54, 1.807) is 0 Å². The Morgan fingerprint density at radius 2 is 2.17 bits per heavy atom. The Morgan fingerprint density at radius 3 is 2.83 bits per heavy atom. The minimum absolute atomic E-state index is 0.0923. The molecule has 1 aliphatic rings. The maximum atomic E-state index is 12.0. The maximum Gasteiger partial charge on any atom is 0.286 e. The van der Waals surface area contributed by atoms with Gasteiger partial charge in [0.05, 0.1) is 5.69 Å². The first-order chi connectivity index (χ1) is 8.45. The van der Waals surface area contributed by atoms with Crippen LogP contribution in [0.5, 0.6) is 0 Å². The van der Waals surface area contributed by atoms with Crippen molar-refractivity contribution < 1.29 is 8.42 Å². The zero-order chi connectivity index (χ0) is 13.3. The molecule has 0 unspecified atom stereocenters. The van der Waals surface area contributed by atoms with E-state index in [0.29, 0.717) is 23.0 Å². The third-order valence-electron chi connectivity index (χ3n) is 2.72. The molecule has 0 saturated heterocycles. The van der Waals surface area contributed by atoms with Crippen molar-refractivity contribution in [2.75, 3.05) is 5.01 Å². The van der Waals surface area contributed by atoms with E-state index in [2.05, 4.69) is 4.40 Å². The molecule has 1 aromatic rings. The highest BCUT2D eigenvalue weighted by Crippen LogP contribution is 2.32. The molecule has 5 nitrogen and oxygen atoms in total. The minimum atomic E-state index is -3.66. The van der Waals surface area contributed by atoms with Gasteiger partial charge in [-0.15, -0.1) is 4.40 Å². The summed E-state index contributed by atoms with van der Waals surface area (Å²) < 4.78 is 27.7. The molecule has 0 aliphatic carbocycles. The van der Waals surface area contributed by atoms with Crippen molar-refractivity contribution in [2.24, 2.45) is 10.2 Å². The Bertz CT molecular complexity index is 598. The van der Waals surface area contributed by atoms with Crippen LogP contribution in [0, 0.1) is 0 Å². The average molecular weight is 288 g/mol. The predicted molar refractivity (Wildman–Crippen MR) is 72.3 cm³/mol. The molecule has 1 heterocycles. The third kappa shape index (κ3) is 2.36. The fraction of sp³-hybridized carbons (Fsp3) is 0.364. The smallest absolute Gasteiger partial charge is 0.264 e. The van der Waals surface area contributed by atoms with Gasteiger partial charge in [-0.2, -0.15) is 8.42 Å². The van der Waals surface area contributed by atoms with Crippen LogP contribution < -0.4 is 10.9 Å². The number of halogens is 1. The first-order valence-electron chi connectivity index (χ1n) is 5.64. The number of sulfonamides is 1. The summed E-state index contributed by atoms with van der Waals surface area (Å²) in [5, 5.41) is 1.74. The van der Waals surface area contributed by atoms with E-state index in [0.717, 1.165) is 12.8 Å².